The van der Waals surface area contributed by atoms with Crippen LogP contribution in [0.4, 0.5) is 5.69 Å². The van der Waals surface area contributed by atoms with Crippen LogP contribution in [0.1, 0.15) is 57.9 Å². The zero-order valence-corrected chi connectivity index (χ0v) is 23.0. The number of anilines is 1. The lowest BCUT2D eigenvalue weighted by atomic mass is 10.1. The van der Waals surface area contributed by atoms with Crippen molar-refractivity contribution in [2.75, 3.05) is 38.0 Å². The molecule has 0 unspecified atom stereocenters. The van der Waals surface area contributed by atoms with Crippen molar-refractivity contribution < 1.29 is 23.9 Å². The Kier molecular flexibility index (Phi) is 11.8. The van der Waals surface area contributed by atoms with Crippen molar-refractivity contribution in [3.8, 4) is 11.5 Å². The number of nitrogens with one attached hydrogen (secondary N) is 2. The number of nitrogens with zero attached hydrogens (tertiary/aromatic N) is 2. The Morgan fingerprint density at radius 2 is 1.33 bits per heavy atom. The molecule has 2 heterocycles. The highest BCUT2D eigenvalue weighted by molar-refractivity contribution is 5.94. The highest BCUT2D eigenvalue weighted by Crippen LogP contribution is 2.24. The maximum Gasteiger partial charge on any atom is 0.243 e. The summed E-state index contributed by atoms with van der Waals surface area (Å²) in [4.78, 5) is 52.3. The molecule has 39 heavy (non-hydrogen) atoms. The average Bonchev–Trinajstić information content (AvgIpc) is 2.89. The van der Waals surface area contributed by atoms with Crippen molar-refractivity contribution in [2.24, 2.45) is 0 Å². The summed E-state index contributed by atoms with van der Waals surface area (Å²) >= 11 is 0. The number of hydrogen-bond donors (Lipinski definition) is 2. The molecule has 9 nitrogen and oxygen atoms in total. The molecule has 0 fully saturated rings. The van der Waals surface area contributed by atoms with Gasteiger partial charge in [-0.2, -0.15) is 0 Å². The molecule has 0 saturated carbocycles. The van der Waals surface area contributed by atoms with E-state index in [1.165, 1.54) is 13.8 Å². The summed E-state index contributed by atoms with van der Waals surface area (Å²) in [6.07, 6.45) is 6.23. The van der Waals surface area contributed by atoms with Crippen LogP contribution in [-0.2, 0) is 25.6 Å². The first-order chi connectivity index (χ1) is 18.8. The van der Waals surface area contributed by atoms with E-state index >= 15 is 0 Å². The fourth-order valence-corrected chi connectivity index (χ4v) is 4.46. The smallest absolute Gasteiger partial charge is 0.243 e. The highest BCUT2D eigenvalue weighted by atomic mass is 16.5. The summed E-state index contributed by atoms with van der Waals surface area (Å²) in [7, 11) is 0. The van der Waals surface area contributed by atoms with Crippen molar-refractivity contribution in [3.63, 3.8) is 0 Å². The molecule has 4 bridgehead atoms. The first-order valence-corrected chi connectivity index (χ1v) is 13.7. The van der Waals surface area contributed by atoms with Crippen LogP contribution < -0.4 is 15.4 Å². The molecule has 0 radical (unpaired) electrons. The van der Waals surface area contributed by atoms with Crippen LogP contribution in [0.15, 0.2) is 48.5 Å². The Bertz CT molecular complexity index is 1120. The van der Waals surface area contributed by atoms with E-state index in [1.807, 2.05) is 24.3 Å². The number of carbonyl (C=O) groups excluding carboxylic acids is 4. The van der Waals surface area contributed by atoms with Gasteiger partial charge in [-0.25, -0.2) is 0 Å². The second-order valence-corrected chi connectivity index (χ2v) is 9.92. The number of carbonyl (C=O) groups is 4. The topological polar surface area (TPSA) is 108 Å². The maximum atomic E-state index is 12.7. The highest BCUT2D eigenvalue weighted by Gasteiger charge is 2.15. The summed E-state index contributed by atoms with van der Waals surface area (Å²) in [5, 5.41) is 5.77. The molecule has 9 heteroatoms. The van der Waals surface area contributed by atoms with Gasteiger partial charge >= 0.3 is 0 Å². The van der Waals surface area contributed by atoms with E-state index in [-0.39, 0.29) is 36.7 Å². The van der Waals surface area contributed by atoms with Crippen LogP contribution in [0.2, 0.25) is 0 Å². The number of rotatable bonds is 0. The van der Waals surface area contributed by atoms with E-state index in [0.29, 0.717) is 43.2 Å². The normalized spacial score (nSPS) is 17.1. The lowest BCUT2D eigenvalue weighted by Gasteiger charge is -2.21. The van der Waals surface area contributed by atoms with E-state index in [4.69, 9.17) is 4.74 Å². The molecule has 0 spiro atoms. The van der Waals surface area contributed by atoms with Crippen molar-refractivity contribution in [2.45, 2.75) is 58.8 Å². The number of fused-ring (bicyclic) bond motifs is 19. The third-order valence-electron chi connectivity index (χ3n) is 6.68. The van der Waals surface area contributed by atoms with E-state index in [1.54, 1.807) is 34.1 Å². The van der Waals surface area contributed by atoms with Crippen LogP contribution >= 0.6 is 0 Å². The zero-order chi connectivity index (χ0) is 28.0. The Morgan fingerprint density at radius 1 is 0.744 bits per heavy atom. The molecule has 0 aliphatic carbocycles. The Hall–Kier alpha value is -3.88. The number of amides is 4. The van der Waals surface area contributed by atoms with Crippen LogP contribution in [0.3, 0.4) is 0 Å². The summed E-state index contributed by atoms with van der Waals surface area (Å²) in [6, 6.07) is 14.7. The molecule has 0 atom stereocenters. The number of ether oxygens (including phenoxy) is 1. The van der Waals surface area contributed by atoms with Gasteiger partial charge in [0.15, 0.2) is 0 Å². The summed E-state index contributed by atoms with van der Waals surface area (Å²) in [6.45, 7) is 4.59. The van der Waals surface area contributed by atoms with E-state index in [0.717, 1.165) is 44.1 Å². The summed E-state index contributed by atoms with van der Waals surface area (Å²) < 4.78 is 5.95. The molecule has 2 aromatic carbocycles. The lowest BCUT2D eigenvalue weighted by Crippen LogP contribution is -2.40. The minimum absolute atomic E-state index is 0.00363. The SMILES string of the molecule is CC(=O)N1CCCCCCCCN(C(C)=O)CC(=O)Nc2cccc(c2)Oc2ccc(cc2)CCNC(=O)C1. The average molecular weight is 537 g/mol. The van der Waals surface area contributed by atoms with Gasteiger partial charge in [0.25, 0.3) is 0 Å². The van der Waals surface area contributed by atoms with Crippen LogP contribution in [0, 0.1) is 0 Å². The fourth-order valence-electron chi connectivity index (χ4n) is 4.46. The summed E-state index contributed by atoms with van der Waals surface area (Å²) in [5.74, 6) is 0.573. The largest absolute Gasteiger partial charge is 0.457 e. The Labute approximate surface area is 230 Å². The molecular formula is C30H40N4O5. The van der Waals surface area contributed by atoms with Gasteiger partial charge in [-0.1, -0.05) is 43.9 Å². The predicted octanol–water partition coefficient (Wildman–Crippen LogP) is 4.13. The molecule has 0 saturated heterocycles. The van der Waals surface area contributed by atoms with E-state index in [2.05, 4.69) is 10.6 Å². The third-order valence-corrected chi connectivity index (χ3v) is 6.68. The Balaban J connectivity index is 1.67. The lowest BCUT2D eigenvalue weighted by molar-refractivity contribution is -0.134. The molecule has 2 N–H and O–H groups in total. The predicted molar refractivity (Wildman–Crippen MR) is 151 cm³/mol. The van der Waals surface area contributed by atoms with Crippen LogP contribution in [0.5, 0.6) is 11.5 Å². The van der Waals surface area contributed by atoms with Crippen molar-refractivity contribution in [3.05, 3.63) is 54.1 Å². The monoisotopic (exact) mass is 536 g/mol. The number of hydrogen-bond acceptors (Lipinski definition) is 5. The van der Waals surface area contributed by atoms with Gasteiger partial charge in [-0.3, -0.25) is 19.2 Å². The van der Waals surface area contributed by atoms with Gasteiger partial charge in [0, 0.05) is 45.2 Å². The van der Waals surface area contributed by atoms with Gasteiger partial charge in [0.1, 0.15) is 11.5 Å². The standard InChI is InChI=1S/C30H40N4O5/c1-23(35)33-18-7-5-3-4-6-8-19-34(24(2)36)22-30(38)32-26-10-9-11-28(20-26)39-27-14-12-25(13-15-27)16-17-31-29(37)21-33/h9-15,20H,3-8,16-19,21-22H2,1-2H3,(H,31,37)(H,32,38). The summed E-state index contributed by atoms with van der Waals surface area (Å²) in [5.41, 5.74) is 1.64. The minimum Gasteiger partial charge on any atom is -0.457 e. The fraction of sp³-hybridized carbons (Fsp3) is 0.467. The molecule has 210 valence electrons. The first-order valence-electron chi connectivity index (χ1n) is 13.7. The first kappa shape index (κ1) is 29.7. The molecule has 4 amide bonds. The molecule has 4 rings (SSSR count). The van der Waals surface area contributed by atoms with Crippen molar-refractivity contribution in [1.82, 2.24) is 15.1 Å². The van der Waals surface area contributed by atoms with Gasteiger partial charge < -0.3 is 25.2 Å². The third kappa shape index (κ3) is 10.8. The quantitative estimate of drug-likeness (QED) is 0.527. The van der Waals surface area contributed by atoms with Gasteiger partial charge in [0.2, 0.25) is 23.6 Å². The Morgan fingerprint density at radius 3 is 1.95 bits per heavy atom. The van der Waals surface area contributed by atoms with Gasteiger partial charge in [-0.05, 0) is 49.1 Å². The van der Waals surface area contributed by atoms with Crippen LogP contribution in [-0.4, -0.2) is 66.2 Å². The molecule has 2 aliphatic heterocycles. The second-order valence-electron chi connectivity index (χ2n) is 9.92. The van der Waals surface area contributed by atoms with Gasteiger partial charge in [-0.15, -0.1) is 0 Å². The number of benzene rings is 2. The molecule has 2 aliphatic rings. The molecule has 0 aromatic heterocycles. The van der Waals surface area contributed by atoms with E-state index in [9.17, 15) is 19.2 Å². The second kappa shape index (κ2) is 15.5. The minimum atomic E-state index is -0.254. The van der Waals surface area contributed by atoms with Crippen molar-refractivity contribution in [1.29, 1.82) is 0 Å². The molecule has 2 aromatic rings. The zero-order valence-electron chi connectivity index (χ0n) is 23.0. The van der Waals surface area contributed by atoms with Crippen molar-refractivity contribution >= 4 is 29.3 Å². The van der Waals surface area contributed by atoms with Gasteiger partial charge in [0.05, 0.1) is 13.1 Å². The molecular weight excluding hydrogens is 496 g/mol. The maximum absolute atomic E-state index is 12.7. The van der Waals surface area contributed by atoms with E-state index < -0.39 is 0 Å². The van der Waals surface area contributed by atoms with Crippen LogP contribution in [0.25, 0.3) is 0 Å².